The molecule has 0 spiro atoms. The van der Waals surface area contributed by atoms with Gasteiger partial charge in [0.05, 0.1) is 23.8 Å². The Labute approximate surface area is 141 Å². The molecule has 2 aromatic carbocycles. The summed E-state index contributed by atoms with van der Waals surface area (Å²) in [7, 11) is 0.935. The largest absolute Gasteiger partial charge is 0.478 e. The molecule has 0 unspecified atom stereocenters. The minimum Gasteiger partial charge on any atom is -0.478 e. The topological polar surface area (TPSA) is 63.6 Å². The van der Waals surface area contributed by atoms with Crippen LogP contribution in [0.4, 0.5) is 13.2 Å². The fourth-order valence-electron chi connectivity index (χ4n) is 2.39. The number of benzene rings is 2. The second-order valence-corrected chi connectivity index (χ2v) is 4.96. The standard InChI is InChI=1S/C18H13F3O4/c1-25-17(24)14(12-9-5-6-10-13(12)16(22)23)15(18(19,20)21)11-7-3-2-4-8-11/h2-10H,1H3,(H,22,23). The van der Waals surface area contributed by atoms with Crippen molar-refractivity contribution in [2.75, 3.05) is 7.11 Å². The van der Waals surface area contributed by atoms with Crippen LogP contribution >= 0.6 is 0 Å². The van der Waals surface area contributed by atoms with E-state index >= 15 is 0 Å². The Hall–Kier alpha value is -3.09. The van der Waals surface area contributed by atoms with Gasteiger partial charge >= 0.3 is 18.1 Å². The van der Waals surface area contributed by atoms with E-state index in [9.17, 15) is 27.9 Å². The summed E-state index contributed by atoms with van der Waals surface area (Å²) in [5.41, 5.74) is -3.16. The van der Waals surface area contributed by atoms with Crippen LogP contribution in [0.3, 0.4) is 0 Å². The zero-order chi connectivity index (χ0) is 18.6. The summed E-state index contributed by atoms with van der Waals surface area (Å²) in [5.74, 6) is -2.73. The van der Waals surface area contributed by atoms with Crippen molar-refractivity contribution >= 4 is 23.1 Å². The van der Waals surface area contributed by atoms with Gasteiger partial charge in [0.1, 0.15) is 0 Å². The summed E-state index contributed by atoms with van der Waals surface area (Å²) in [6, 6.07) is 11.7. The highest BCUT2D eigenvalue weighted by Gasteiger charge is 2.40. The zero-order valence-corrected chi connectivity index (χ0v) is 13.0. The van der Waals surface area contributed by atoms with Crippen molar-refractivity contribution in [1.29, 1.82) is 0 Å². The van der Waals surface area contributed by atoms with Crippen LogP contribution in [0, 0.1) is 0 Å². The maximum absolute atomic E-state index is 13.8. The van der Waals surface area contributed by atoms with E-state index < -0.39 is 34.8 Å². The van der Waals surface area contributed by atoms with Gasteiger partial charge in [0, 0.05) is 5.56 Å². The predicted molar refractivity (Wildman–Crippen MR) is 84.7 cm³/mol. The van der Waals surface area contributed by atoms with Crippen LogP contribution in [-0.2, 0) is 9.53 Å². The lowest BCUT2D eigenvalue weighted by Crippen LogP contribution is -2.19. The summed E-state index contributed by atoms with van der Waals surface area (Å²) >= 11 is 0. The van der Waals surface area contributed by atoms with Crippen molar-refractivity contribution < 1.29 is 32.6 Å². The van der Waals surface area contributed by atoms with Gasteiger partial charge in [-0.05, 0) is 11.6 Å². The van der Waals surface area contributed by atoms with Gasteiger partial charge in [-0.1, -0.05) is 48.5 Å². The summed E-state index contributed by atoms with van der Waals surface area (Å²) in [6.45, 7) is 0. The number of methoxy groups -OCH3 is 1. The van der Waals surface area contributed by atoms with E-state index in [1.54, 1.807) is 0 Å². The molecule has 0 aromatic heterocycles. The van der Waals surface area contributed by atoms with Gasteiger partial charge in [0.15, 0.2) is 0 Å². The molecule has 0 aliphatic heterocycles. The number of carboxylic acids is 1. The summed E-state index contributed by atoms with van der Waals surface area (Å²) in [5, 5.41) is 9.27. The van der Waals surface area contributed by atoms with Gasteiger partial charge < -0.3 is 9.84 Å². The number of hydrogen-bond acceptors (Lipinski definition) is 3. The third-order valence-corrected chi connectivity index (χ3v) is 3.41. The van der Waals surface area contributed by atoms with Crippen LogP contribution in [0.25, 0.3) is 11.1 Å². The molecular weight excluding hydrogens is 337 g/mol. The molecule has 0 aliphatic rings. The third-order valence-electron chi connectivity index (χ3n) is 3.41. The number of carboxylic acid groups (broad SMARTS) is 1. The van der Waals surface area contributed by atoms with Crippen LogP contribution in [0.15, 0.2) is 54.6 Å². The molecule has 7 heteroatoms. The van der Waals surface area contributed by atoms with E-state index in [1.807, 2.05) is 0 Å². The highest BCUT2D eigenvalue weighted by Crippen LogP contribution is 2.40. The van der Waals surface area contributed by atoms with E-state index in [0.717, 1.165) is 19.2 Å². The lowest BCUT2D eigenvalue weighted by atomic mass is 9.91. The normalized spacial score (nSPS) is 12.3. The molecule has 0 fully saturated rings. The summed E-state index contributed by atoms with van der Waals surface area (Å²) < 4.78 is 45.8. The SMILES string of the molecule is COC(=O)C(=C(c1ccccc1)C(F)(F)F)c1ccccc1C(=O)O. The zero-order valence-electron chi connectivity index (χ0n) is 13.0. The van der Waals surface area contributed by atoms with Crippen LogP contribution in [-0.4, -0.2) is 30.3 Å². The fraction of sp³-hybridized carbons (Fsp3) is 0.111. The Morgan fingerprint density at radius 2 is 1.44 bits per heavy atom. The van der Waals surface area contributed by atoms with E-state index in [-0.39, 0.29) is 11.1 Å². The van der Waals surface area contributed by atoms with Crippen molar-refractivity contribution in [1.82, 2.24) is 0 Å². The number of rotatable bonds is 4. The molecule has 2 aromatic rings. The number of ether oxygens (including phenoxy) is 1. The Morgan fingerprint density at radius 3 is 1.92 bits per heavy atom. The van der Waals surface area contributed by atoms with Crippen LogP contribution in [0.2, 0.25) is 0 Å². The molecule has 0 saturated heterocycles. The molecule has 0 atom stereocenters. The molecule has 1 N–H and O–H groups in total. The molecule has 0 radical (unpaired) electrons. The maximum atomic E-state index is 13.8. The molecular formula is C18H13F3O4. The molecule has 0 bridgehead atoms. The minimum atomic E-state index is -4.91. The average molecular weight is 350 g/mol. The van der Waals surface area contributed by atoms with E-state index in [4.69, 9.17) is 0 Å². The third kappa shape index (κ3) is 3.88. The summed E-state index contributed by atoms with van der Waals surface area (Å²) in [4.78, 5) is 23.6. The molecule has 0 amide bonds. The quantitative estimate of drug-likeness (QED) is 0.514. The lowest BCUT2D eigenvalue weighted by molar-refractivity contribution is -0.134. The first-order valence-corrected chi connectivity index (χ1v) is 7.05. The lowest BCUT2D eigenvalue weighted by Gasteiger charge is -2.18. The first-order valence-electron chi connectivity index (χ1n) is 7.05. The Morgan fingerprint density at radius 1 is 0.920 bits per heavy atom. The second-order valence-electron chi connectivity index (χ2n) is 4.96. The number of carbonyl (C=O) groups excluding carboxylic acids is 1. The molecule has 2 rings (SSSR count). The van der Waals surface area contributed by atoms with Crippen molar-refractivity contribution in [2.45, 2.75) is 6.18 Å². The number of esters is 1. The van der Waals surface area contributed by atoms with Crippen molar-refractivity contribution in [3.05, 3.63) is 71.3 Å². The van der Waals surface area contributed by atoms with Crippen molar-refractivity contribution in [3.63, 3.8) is 0 Å². The van der Waals surface area contributed by atoms with Crippen LogP contribution < -0.4 is 0 Å². The fourth-order valence-corrected chi connectivity index (χ4v) is 2.39. The second kappa shape index (κ2) is 7.21. The highest BCUT2D eigenvalue weighted by molar-refractivity contribution is 6.26. The van der Waals surface area contributed by atoms with Gasteiger partial charge in [-0.3, -0.25) is 0 Å². The van der Waals surface area contributed by atoms with E-state index in [0.29, 0.717) is 0 Å². The number of aromatic carboxylic acids is 1. The Balaban J connectivity index is 2.94. The molecule has 4 nitrogen and oxygen atoms in total. The number of alkyl halides is 3. The Kier molecular flexibility index (Phi) is 5.26. The van der Waals surface area contributed by atoms with Crippen LogP contribution in [0.1, 0.15) is 21.5 Å². The monoisotopic (exact) mass is 350 g/mol. The van der Waals surface area contributed by atoms with Gasteiger partial charge in [-0.15, -0.1) is 0 Å². The number of carbonyl (C=O) groups is 2. The van der Waals surface area contributed by atoms with Crippen LogP contribution in [0.5, 0.6) is 0 Å². The first-order chi connectivity index (χ1) is 11.8. The van der Waals surface area contributed by atoms with Crippen molar-refractivity contribution in [3.8, 4) is 0 Å². The minimum absolute atomic E-state index is 0.268. The van der Waals surface area contributed by atoms with Gasteiger partial charge in [-0.2, -0.15) is 13.2 Å². The van der Waals surface area contributed by atoms with Gasteiger partial charge in [0.2, 0.25) is 0 Å². The van der Waals surface area contributed by atoms with E-state index in [2.05, 4.69) is 4.74 Å². The maximum Gasteiger partial charge on any atom is 0.417 e. The highest BCUT2D eigenvalue weighted by atomic mass is 19.4. The van der Waals surface area contributed by atoms with E-state index in [1.165, 1.54) is 42.5 Å². The van der Waals surface area contributed by atoms with Gasteiger partial charge in [-0.25, -0.2) is 9.59 Å². The first kappa shape index (κ1) is 18.3. The average Bonchev–Trinajstić information content (AvgIpc) is 2.58. The smallest absolute Gasteiger partial charge is 0.417 e. The Bertz CT molecular complexity index is 824. The number of hydrogen-bond donors (Lipinski definition) is 1. The van der Waals surface area contributed by atoms with Gasteiger partial charge in [0.25, 0.3) is 0 Å². The number of halogens is 3. The molecule has 0 saturated carbocycles. The van der Waals surface area contributed by atoms with Crippen molar-refractivity contribution in [2.24, 2.45) is 0 Å². The molecule has 0 aliphatic carbocycles. The predicted octanol–water partition coefficient (Wildman–Crippen LogP) is 4.03. The molecule has 0 heterocycles. The molecule has 25 heavy (non-hydrogen) atoms. The molecule has 130 valence electrons. The number of allylic oxidation sites excluding steroid dienone is 1. The summed E-state index contributed by atoms with van der Waals surface area (Å²) in [6.07, 6.45) is -4.91.